The average Bonchev–Trinajstić information content (AvgIpc) is 2.64. The first kappa shape index (κ1) is 12.2. The van der Waals surface area contributed by atoms with E-state index in [-0.39, 0.29) is 6.42 Å². The Bertz CT molecular complexity index is 616. The number of carboxylic acids is 1. The van der Waals surface area contributed by atoms with Crippen LogP contribution in [0.3, 0.4) is 0 Å². The third-order valence-corrected chi connectivity index (χ3v) is 2.43. The molecular weight excluding hydrogens is 238 g/mol. The van der Waals surface area contributed by atoms with E-state index in [1.807, 2.05) is 0 Å². The first-order valence-corrected chi connectivity index (χ1v) is 5.39. The molecule has 0 amide bonds. The molecular formula is C11H13N3O4. The molecule has 0 saturated carbocycles. The third kappa shape index (κ3) is 2.89. The number of nitrogens with two attached hydrogens (primary N) is 1. The number of benzene rings is 1. The lowest BCUT2D eigenvalue weighted by atomic mass is 10.2. The maximum absolute atomic E-state index is 11.0. The SMILES string of the molecule is NC(CNc1ccc2[nH]c(=O)oc2c1)CC(=O)O. The van der Waals surface area contributed by atoms with Gasteiger partial charge in [0.05, 0.1) is 11.9 Å². The maximum atomic E-state index is 11.0. The predicted molar refractivity (Wildman–Crippen MR) is 65.6 cm³/mol. The van der Waals surface area contributed by atoms with Crippen LogP contribution < -0.4 is 16.8 Å². The number of oxazole rings is 1. The molecule has 2 rings (SSSR count). The molecule has 1 aromatic carbocycles. The van der Waals surface area contributed by atoms with Gasteiger partial charge in [0.2, 0.25) is 0 Å². The van der Waals surface area contributed by atoms with Crippen molar-refractivity contribution in [3.05, 3.63) is 28.7 Å². The molecule has 1 atom stereocenters. The number of hydrogen-bond acceptors (Lipinski definition) is 5. The van der Waals surface area contributed by atoms with E-state index in [0.717, 1.165) is 0 Å². The number of anilines is 1. The Labute approximate surface area is 102 Å². The van der Waals surface area contributed by atoms with Crippen molar-refractivity contribution in [1.29, 1.82) is 0 Å². The molecule has 2 aromatic rings. The van der Waals surface area contributed by atoms with Crippen molar-refractivity contribution >= 4 is 22.8 Å². The number of carbonyl (C=O) groups is 1. The highest BCUT2D eigenvalue weighted by Crippen LogP contribution is 2.16. The summed E-state index contributed by atoms with van der Waals surface area (Å²) in [6.07, 6.45) is -0.103. The smallest absolute Gasteiger partial charge is 0.417 e. The van der Waals surface area contributed by atoms with Gasteiger partial charge in [-0.1, -0.05) is 0 Å². The molecule has 0 aliphatic carbocycles. The van der Waals surface area contributed by atoms with Crippen LogP contribution in [-0.2, 0) is 4.79 Å². The van der Waals surface area contributed by atoms with Gasteiger partial charge in [0.15, 0.2) is 5.58 Å². The van der Waals surface area contributed by atoms with Crippen LogP contribution in [0.2, 0.25) is 0 Å². The molecule has 18 heavy (non-hydrogen) atoms. The molecule has 5 N–H and O–H groups in total. The summed E-state index contributed by atoms with van der Waals surface area (Å²) in [7, 11) is 0. The van der Waals surface area contributed by atoms with Crippen LogP contribution in [0.5, 0.6) is 0 Å². The molecule has 1 heterocycles. The van der Waals surface area contributed by atoms with Crippen LogP contribution in [0, 0.1) is 0 Å². The fraction of sp³-hybridized carbons (Fsp3) is 0.273. The summed E-state index contributed by atoms with van der Waals surface area (Å²) >= 11 is 0. The Morgan fingerprint density at radius 2 is 2.33 bits per heavy atom. The van der Waals surface area contributed by atoms with E-state index in [9.17, 15) is 9.59 Å². The number of nitrogens with one attached hydrogen (secondary N) is 2. The molecule has 0 bridgehead atoms. The van der Waals surface area contributed by atoms with E-state index in [1.54, 1.807) is 18.2 Å². The van der Waals surface area contributed by atoms with E-state index in [4.69, 9.17) is 15.3 Å². The van der Waals surface area contributed by atoms with Crippen molar-refractivity contribution in [3.63, 3.8) is 0 Å². The lowest BCUT2D eigenvalue weighted by molar-refractivity contribution is -0.137. The molecule has 0 aliphatic rings. The number of aliphatic carboxylic acids is 1. The minimum absolute atomic E-state index is 0.103. The molecule has 7 heteroatoms. The summed E-state index contributed by atoms with van der Waals surface area (Å²) in [6.45, 7) is 0.326. The second kappa shape index (κ2) is 4.92. The summed E-state index contributed by atoms with van der Waals surface area (Å²) < 4.78 is 4.90. The zero-order valence-corrected chi connectivity index (χ0v) is 9.47. The standard InChI is InChI=1S/C11H13N3O4/c12-6(3-10(15)16)5-13-7-1-2-8-9(4-7)18-11(17)14-8/h1-2,4,6,13H,3,5,12H2,(H,14,17)(H,15,16). The molecule has 0 fully saturated rings. The van der Waals surface area contributed by atoms with Crippen LogP contribution in [0.1, 0.15) is 6.42 Å². The van der Waals surface area contributed by atoms with Gasteiger partial charge in [-0.2, -0.15) is 0 Å². The predicted octanol–water partition coefficient (Wildman–Crippen LogP) is 0.335. The number of hydrogen-bond donors (Lipinski definition) is 4. The van der Waals surface area contributed by atoms with Gasteiger partial charge in [-0.15, -0.1) is 0 Å². The topological polar surface area (TPSA) is 121 Å². The number of H-pyrrole nitrogens is 1. The number of rotatable bonds is 5. The second-order valence-corrected chi connectivity index (χ2v) is 3.96. The summed E-state index contributed by atoms with van der Waals surface area (Å²) in [5, 5.41) is 11.6. The van der Waals surface area contributed by atoms with Gasteiger partial charge in [0, 0.05) is 24.3 Å². The molecule has 0 aliphatic heterocycles. The lowest BCUT2D eigenvalue weighted by Gasteiger charge is -2.11. The summed E-state index contributed by atoms with van der Waals surface area (Å²) in [5.41, 5.74) is 7.38. The van der Waals surface area contributed by atoms with Gasteiger partial charge in [-0.05, 0) is 12.1 Å². The van der Waals surface area contributed by atoms with E-state index in [2.05, 4.69) is 10.3 Å². The molecule has 0 radical (unpaired) electrons. The molecule has 0 spiro atoms. The average molecular weight is 251 g/mol. The number of aromatic nitrogens is 1. The van der Waals surface area contributed by atoms with Crippen LogP contribution >= 0.6 is 0 Å². The van der Waals surface area contributed by atoms with Gasteiger partial charge in [0.1, 0.15) is 0 Å². The van der Waals surface area contributed by atoms with Crippen molar-refractivity contribution in [2.24, 2.45) is 5.73 Å². The number of aromatic amines is 1. The highest BCUT2D eigenvalue weighted by molar-refractivity contribution is 5.76. The Hall–Kier alpha value is -2.28. The van der Waals surface area contributed by atoms with E-state index < -0.39 is 17.8 Å². The van der Waals surface area contributed by atoms with Crippen molar-refractivity contribution in [2.75, 3.05) is 11.9 Å². The second-order valence-electron chi connectivity index (χ2n) is 3.96. The van der Waals surface area contributed by atoms with Crippen molar-refractivity contribution in [1.82, 2.24) is 4.98 Å². The van der Waals surface area contributed by atoms with Crippen LogP contribution in [0.4, 0.5) is 5.69 Å². The highest BCUT2D eigenvalue weighted by atomic mass is 16.4. The zero-order valence-electron chi connectivity index (χ0n) is 9.47. The van der Waals surface area contributed by atoms with Crippen molar-refractivity contribution < 1.29 is 14.3 Å². The highest BCUT2D eigenvalue weighted by Gasteiger charge is 2.08. The summed E-state index contributed by atoms with van der Waals surface area (Å²) in [4.78, 5) is 23.9. The van der Waals surface area contributed by atoms with E-state index >= 15 is 0 Å². The fourth-order valence-electron chi connectivity index (χ4n) is 1.60. The van der Waals surface area contributed by atoms with Crippen LogP contribution in [0.25, 0.3) is 11.1 Å². The Balaban J connectivity index is 2.03. The minimum atomic E-state index is -0.934. The minimum Gasteiger partial charge on any atom is -0.481 e. The molecule has 7 nitrogen and oxygen atoms in total. The Morgan fingerprint density at radius 3 is 3.06 bits per heavy atom. The summed E-state index contributed by atoms with van der Waals surface area (Å²) in [6, 6.07) is 4.63. The van der Waals surface area contributed by atoms with Gasteiger partial charge in [-0.25, -0.2) is 4.79 Å². The first-order valence-electron chi connectivity index (χ1n) is 5.39. The van der Waals surface area contributed by atoms with Crippen molar-refractivity contribution in [3.8, 4) is 0 Å². The lowest BCUT2D eigenvalue weighted by Crippen LogP contribution is -2.31. The van der Waals surface area contributed by atoms with E-state index in [1.165, 1.54) is 0 Å². The van der Waals surface area contributed by atoms with Gasteiger partial charge in [-0.3, -0.25) is 9.78 Å². The number of carboxylic acid groups (broad SMARTS) is 1. The molecule has 1 unspecified atom stereocenters. The maximum Gasteiger partial charge on any atom is 0.417 e. The Morgan fingerprint density at radius 1 is 1.56 bits per heavy atom. The molecule has 96 valence electrons. The van der Waals surface area contributed by atoms with Crippen LogP contribution in [-0.4, -0.2) is 28.6 Å². The number of fused-ring (bicyclic) bond motifs is 1. The van der Waals surface area contributed by atoms with Gasteiger partial charge < -0.3 is 20.6 Å². The molecule has 1 aromatic heterocycles. The monoisotopic (exact) mass is 251 g/mol. The van der Waals surface area contributed by atoms with Gasteiger partial charge in [0.25, 0.3) is 0 Å². The molecule has 0 saturated heterocycles. The summed E-state index contributed by atoms with van der Waals surface area (Å²) in [5.74, 6) is -1.44. The van der Waals surface area contributed by atoms with Crippen molar-refractivity contribution in [2.45, 2.75) is 12.5 Å². The largest absolute Gasteiger partial charge is 0.481 e. The first-order chi connectivity index (χ1) is 8.54. The van der Waals surface area contributed by atoms with Crippen LogP contribution in [0.15, 0.2) is 27.4 Å². The Kier molecular flexibility index (Phi) is 3.33. The van der Waals surface area contributed by atoms with E-state index in [0.29, 0.717) is 23.3 Å². The third-order valence-electron chi connectivity index (χ3n) is 2.43. The fourth-order valence-corrected chi connectivity index (χ4v) is 1.60. The zero-order chi connectivity index (χ0) is 13.1. The quantitative estimate of drug-likeness (QED) is 0.607. The normalized spacial score (nSPS) is 12.5. The van der Waals surface area contributed by atoms with Gasteiger partial charge >= 0.3 is 11.7 Å².